The average molecular weight is 507 g/mol. The van der Waals surface area contributed by atoms with Crippen LogP contribution in [0.5, 0.6) is 5.75 Å². The first-order valence-electron chi connectivity index (χ1n) is 12.4. The fourth-order valence-corrected chi connectivity index (χ4v) is 5.59. The number of methoxy groups -OCH3 is 1. The maximum absolute atomic E-state index is 13.7. The van der Waals surface area contributed by atoms with Crippen molar-refractivity contribution >= 4 is 23.6 Å². The van der Waals surface area contributed by atoms with E-state index in [1.54, 1.807) is 48.4 Å². The first-order chi connectivity index (χ1) is 17.9. The van der Waals surface area contributed by atoms with Gasteiger partial charge in [-0.25, -0.2) is 0 Å². The highest BCUT2D eigenvalue weighted by Gasteiger charge is 2.52. The van der Waals surface area contributed by atoms with E-state index in [1.807, 2.05) is 18.2 Å². The number of para-hydroxylation sites is 1. The summed E-state index contributed by atoms with van der Waals surface area (Å²) in [5.41, 5.74) is 1.18. The van der Waals surface area contributed by atoms with Crippen LogP contribution < -0.4 is 15.4 Å². The molecule has 37 heavy (non-hydrogen) atoms. The molecule has 0 aromatic heterocycles. The molecule has 3 aliphatic heterocycles. The Morgan fingerprint density at radius 3 is 2.62 bits per heavy atom. The Morgan fingerprint density at radius 2 is 1.86 bits per heavy atom. The van der Waals surface area contributed by atoms with E-state index < -0.39 is 36.2 Å². The molecule has 0 radical (unpaired) electrons. The molecule has 3 aliphatic rings. The number of aliphatic hydroxyl groups excluding tert-OH is 1. The molecule has 2 aromatic rings. The first kappa shape index (κ1) is 24.8. The Hall–Kier alpha value is -3.92. The minimum atomic E-state index is -1.35. The third kappa shape index (κ3) is 4.76. The van der Waals surface area contributed by atoms with Gasteiger partial charge in [-0.2, -0.15) is 0 Å². The lowest BCUT2D eigenvalue weighted by Crippen LogP contribution is -2.53. The summed E-state index contributed by atoms with van der Waals surface area (Å²) in [6.07, 6.45) is -0.551. The number of rotatable bonds is 6. The van der Waals surface area contributed by atoms with Crippen molar-refractivity contribution in [2.45, 2.75) is 49.5 Å². The van der Waals surface area contributed by atoms with E-state index in [-0.39, 0.29) is 37.1 Å². The first-order valence-corrected chi connectivity index (χ1v) is 12.4. The maximum Gasteiger partial charge on any atom is 0.253 e. The van der Waals surface area contributed by atoms with Crippen molar-refractivity contribution in [1.82, 2.24) is 20.4 Å². The SMILES string of the molecule is COc1ccccc1CC(=O)N1CC[C@@H]2NC(=O)[C@H]3C[C@H](NC(=O)[C@@H](O)c4ccccc4)CN3C(=O)[C@H]21. The summed E-state index contributed by atoms with van der Waals surface area (Å²) in [5, 5.41) is 16.1. The van der Waals surface area contributed by atoms with Gasteiger partial charge in [-0.15, -0.1) is 0 Å². The van der Waals surface area contributed by atoms with Crippen LogP contribution in [0.1, 0.15) is 30.1 Å². The van der Waals surface area contributed by atoms with E-state index in [4.69, 9.17) is 4.74 Å². The van der Waals surface area contributed by atoms with Crippen LogP contribution in [-0.2, 0) is 25.6 Å². The third-order valence-electron chi connectivity index (χ3n) is 7.43. The molecule has 0 bridgehead atoms. The summed E-state index contributed by atoms with van der Waals surface area (Å²) in [6, 6.07) is 13.3. The second-order valence-corrected chi connectivity index (χ2v) is 9.69. The molecule has 0 spiro atoms. The molecular weight excluding hydrogens is 476 g/mol. The van der Waals surface area contributed by atoms with Gasteiger partial charge in [0.2, 0.25) is 17.7 Å². The largest absolute Gasteiger partial charge is 0.496 e. The van der Waals surface area contributed by atoms with Gasteiger partial charge in [0.15, 0.2) is 6.10 Å². The van der Waals surface area contributed by atoms with Gasteiger partial charge in [-0.05, 0) is 24.5 Å². The number of ether oxygens (including phenoxy) is 1. The van der Waals surface area contributed by atoms with Crippen LogP contribution >= 0.6 is 0 Å². The van der Waals surface area contributed by atoms with Crippen LogP contribution in [0.15, 0.2) is 54.6 Å². The minimum absolute atomic E-state index is 0.0773. The zero-order valence-electron chi connectivity index (χ0n) is 20.5. The number of hydrogen-bond donors (Lipinski definition) is 3. The monoisotopic (exact) mass is 506 g/mol. The van der Waals surface area contributed by atoms with Gasteiger partial charge in [-0.3, -0.25) is 19.2 Å². The Kier molecular flexibility index (Phi) is 6.84. The molecule has 0 unspecified atom stereocenters. The van der Waals surface area contributed by atoms with Crippen molar-refractivity contribution in [3.05, 3.63) is 65.7 Å². The number of likely N-dealkylation sites (tertiary alicyclic amines) is 1. The van der Waals surface area contributed by atoms with E-state index >= 15 is 0 Å². The molecule has 0 aliphatic carbocycles. The summed E-state index contributed by atoms with van der Waals surface area (Å²) < 4.78 is 5.36. The summed E-state index contributed by atoms with van der Waals surface area (Å²) >= 11 is 0. The maximum atomic E-state index is 13.7. The van der Waals surface area contributed by atoms with E-state index in [0.717, 1.165) is 5.56 Å². The standard InChI is InChI=1S/C27H30N4O6/c1-37-21-10-6-5-9-17(21)13-22(32)30-12-11-19-23(30)27(36)31-15-18(14-20(31)25(34)29-19)28-26(35)24(33)16-7-3-2-4-8-16/h2-10,18-20,23-24,33H,11-15H2,1H3,(H,28,35)(H,29,34)/t18-,19-,20+,23-,24-/m0/s1. The van der Waals surface area contributed by atoms with Gasteiger partial charge in [0.1, 0.15) is 17.8 Å². The van der Waals surface area contributed by atoms with Gasteiger partial charge >= 0.3 is 0 Å². The zero-order chi connectivity index (χ0) is 26.1. The summed E-state index contributed by atoms with van der Waals surface area (Å²) in [4.78, 5) is 55.7. The third-order valence-corrected chi connectivity index (χ3v) is 7.43. The number of carbonyl (C=O) groups excluding carboxylic acids is 4. The Labute approximate surface area is 214 Å². The van der Waals surface area contributed by atoms with E-state index in [9.17, 15) is 24.3 Å². The lowest BCUT2D eigenvalue weighted by molar-refractivity contribution is -0.144. The molecular formula is C27H30N4O6. The molecule has 5 rings (SSSR count). The lowest BCUT2D eigenvalue weighted by atomic mass is 10.1. The van der Waals surface area contributed by atoms with Gasteiger partial charge in [0.25, 0.3) is 5.91 Å². The van der Waals surface area contributed by atoms with Crippen molar-refractivity contribution in [1.29, 1.82) is 0 Å². The zero-order valence-corrected chi connectivity index (χ0v) is 20.5. The van der Waals surface area contributed by atoms with Crippen molar-refractivity contribution in [3.8, 4) is 5.75 Å². The molecule has 5 atom stereocenters. The summed E-state index contributed by atoms with van der Waals surface area (Å²) in [5.74, 6) is -0.801. The van der Waals surface area contributed by atoms with E-state index in [1.165, 1.54) is 4.90 Å². The second kappa shape index (κ2) is 10.2. The fourth-order valence-electron chi connectivity index (χ4n) is 5.59. The van der Waals surface area contributed by atoms with E-state index in [0.29, 0.717) is 24.3 Å². The number of hydrogen-bond acceptors (Lipinski definition) is 6. The molecule has 3 saturated heterocycles. The predicted molar refractivity (Wildman–Crippen MR) is 132 cm³/mol. The number of aliphatic hydroxyl groups is 1. The predicted octanol–water partition coefficient (Wildman–Crippen LogP) is 0.156. The highest BCUT2D eigenvalue weighted by molar-refractivity contribution is 5.97. The fraction of sp³-hybridized carbons (Fsp3) is 0.407. The van der Waals surface area contributed by atoms with Gasteiger partial charge < -0.3 is 30.3 Å². The van der Waals surface area contributed by atoms with Gasteiger partial charge in [0, 0.05) is 24.7 Å². The quantitative estimate of drug-likeness (QED) is 0.512. The molecule has 10 heteroatoms. The van der Waals surface area contributed by atoms with Crippen LogP contribution in [0.3, 0.4) is 0 Å². The smallest absolute Gasteiger partial charge is 0.253 e. The number of nitrogens with zero attached hydrogens (tertiary/aromatic N) is 2. The molecule has 2 aromatic carbocycles. The molecule has 10 nitrogen and oxygen atoms in total. The van der Waals surface area contributed by atoms with Crippen molar-refractivity contribution in [2.75, 3.05) is 20.2 Å². The topological polar surface area (TPSA) is 128 Å². The number of benzene rings is 2. The molecule has 0 saturated carbocycles. The van der Waals surface area contributed by atoms with Crippen molar-refractivity contribution in [3.63, 3.8) is 0 Å². The Morgan fingerprint density at radius 1 is 1.14 bits per heavy atom. The minimum Gasteiger partial charge on any atom is -0.496 e. The highest BCUT2D eigenvalue weighted by atomic mass is 16.5. The second-order valence-electron chi connectivity index (χ2n) is 9.69. The van der Waals surface area contributed by atoms with Gasteiger partial charge in [0.05, 0.1) is 19.6 Å². The molecule has 194 valence electrons. The van der Waals surface area contributed by atoms with E-state index in [2.05, 4.69) is 10.6 Å². The lowest BCUT2D eigenvalue weighted by Gasteiger charge is -2.29. The molecule has 3 N–H and O–H groups in total. The highest BCUT2D eigenvalue weighted by Crippen LogP contribution is 2.30. The number of nitrogens with one attached hydrogen (secondary N) is 2. The molecule has 4 amide bonds. The Bertz CT molecular complexity index is 1200. The molecule has 3 heterocycles. The summed E-state index contributed by atoms with van der Waals surface area (Å²) in [6.45, 7) is 0.485. The molecule has 3 fully saturated rings. The average Bonchev–Trinajstić information content (AvgIpc) is 3.51. The van der Waals surface area contributed by atoms with Crippen molar-refractivity contribution < 1.29 is 29.0 Å². The normalized spacial score (nSPS) is 25.6. The van der Waals surface area contributed by atoms with Crippen LogP contribution in [0.4, 0.5) is 0 Å². The van der Waals surface area contributed by atoms with Crippen LogP contribution in [0.2, 0.25) is 0 Å². The summed E-state index contributed by atoms with van der Waals surface area (Å²) in [7, 11) is 1.54. The number of carbonyl (C=O) groups is 4. The Balaban J connectivity index is 1.29. The van der Waals surface area contributed by atoms with Crippen LogP contribution in [0, 0.1) is 0 Å². The van der Waals surface area contributed by atoms with Crippen molar-refractivity contribution in [2.24, 2.45) is 0 Å². The number of fused-ring (bicyclic) bond motifs is 2. The number of amides is 4. The van der Waals surface area contributed by atoms with Gasteiger partial charge in [-0.1, -0.05) is 48.5 Å². The van der Waals surface area contributed by atoms with Crippen LogP contribution in [0.25, 0.3) is 0 Å². The van der Waals surface area contributed by atoms with Crippen LogP contribution in [-0.4, -0.2) is 82.9 Å².